The van der Waals surface area contributed by atoms with Crippen molar-refractivity contribution in [3.63, 3.8) is 0 Å². The SMILES string of the molecule is CCC1CCC(O)(CNC(=O)c2ccc(O)cc2O)CC1. The molecule has 0 bridgehead atoms. The van der Waals surface area contributed by atoms with Gasteiger partial charge in [0.25, 0.3) is 5.91 Å². The van der Waals surface area contributed by atoms with Crippen molar-refractivity contribution in [3.8, 4) is 11.5 Å². The van der Waals surface area contributed by atoms with E-state index in [1.54, 1.807) is 0 Å². The zero-order valence-electron chi connectivity index (χ0n) is 12.3. The predicted molar refractivity (Wildman–Crippen MR) is 79.3 cm³/mol. The van der Waals surface area contributed by atoms with Crippen molar-refractivity contribution < 1.29 is 20.1 Å². The number of hydrogen-bond donors (Lipinski definition) is 4. The molecule has 0 saturated heterocycles. The summed E-state index contributed by atoms with van der Waals surface area (Å²) in [6, 6.07) is 3.82. The second-order valence-corrected chi connectivity index (χ2v) is 5.96. The molecular weight excluding hydrogens is 270 g/mol. The van der Waals surface area contributed by atoms with Crippen LogP contribution in [0, 0.1) is 5.92 Å². The van der Waals surface area contributed by atoms with E-state index < -0.39 is 11.5 Å². The Morgan fingerprint density at radius 2 is 2.00 bits per heavy atom. The van der Waals surface area contributed by atoms with E-state index in [0.717, 1.165) is 25.3 Å². The molecular formula is C16H23NO4. The highest BCUT2D eigenvalue weighted by Crippen LogP contribution is 2.33. The van der Waals surface area contributed by atoms with Gasteiger partial charge in [-0.3, -0.25) is 4.79 Å². The van der Waals surface area contributed by atoms with E-state index in [4.69, 9.17) is 0 Å². The van der Waals surface area contributed by atoms with Gasteiger partial charge in [-0.15, -0.1) is 0 Å². The molecule has 1 aliphatic rings. The van der Waals surface area contributed by atoms with Gasteiger partial charge in [-0.25, -0.2) is 0 Å². The summed E-state index contributed by atoms with van der Waals surface area (Å²) in [6.45, 7) is 2.34. The fourth-order valence-corrected chi connectivity index (χ4v) is 2.85. The Kier molecular flexibility index (Phi) is 4.73. The topological polar surface area (TPSA) is 89.8 Å². The molecule has 1 fully saturated rings. The lowest BCUT2D eigenvalue weighted by Crippen LogP contribution is -2.45. The van der Waals surface area contributed by atoms with E-state index in [9.17, 15) is 20.1 Å². The average Bonchev–Trinajstić information content (AvgIpc) is 2.46. The Hall–Kier alpha value is -1.75. The maximum Gasteiger partial charge on any atom is 0.255 e. The largest absolute Gasteiger partial charge is 0.508 e. The first kappa shape index (κ1) is 15.6. The van der Waals surface area contributed by atoms with E-state index in [2.05, 4.69) is 12.2 Å². The number of phenolic OH excluding ortho intramolecular Hbond substituents is 2. The fraction of sp³-hybridized carbons (Fsp3) is 0.562. The average molecular weight is 293 g/mol. The monoisotopic (exact) mass is 293 g/mol. The lowest BCUT2D eigenvalue weighted by atomic mass is 9.78. The molecule has 1 saturated carbocycles. The van der Waals surface area contributed by atoms with Crippen LogP contribution in [0.4, 0.5) is 0 Å². The molecule has 0 heterocycles. The molecule has 1 aromatic carbocycles. The van der Waals surface area contributed by atoms with Crippen molar-refractivity contribution in [1.82, 2.24) is 5.32 Å². The summed E-state index contributed by atoms with van der Waals surface area (Å²) >= 11 is 0. The Balaban J connectivity index is 1.92. The second-order valence-electron chi connectivity index (χ2n) is 5.96. The van der Waals surface area contributed by atoms with E-state index in [-0.39, 0.29) is 23.6 Å². The van der Waals surface area contributed by atoms with Crippen molar-refractivity contribution in [1.29, 1.82) is 0 Å². The van der Waals surface area contributed by atoms with Gasteiger partial charge in [-0.2, -0.15) is 0 Å². The molecule has 4 N–H and O–H groups in total. The van der Waals surface area contributed by atoms with Crippen molar-refractivity contribution in [3.05, 3.63) is 23.8 Å². The summed E-state index contributed by atoms with van der Waals surface area (Å²) in [7, 11) is 0. The third kappa shape index (κ3) is 3.88. The summed E-state index contributed by atoms with van der Waals surface area (Å²) < 4.78 is 0. The summed E-state index contributed by atoms with van der Waals surface area (Å²) in [5.41, 5.74) is -0.757. The van der Waals surface area contributed by atoms with E-state index in [1.807, 2.05) is 0 Å². The zero-order chi connectivity index (χ0) is 15.5. The molecule has 0 aromatic heterocycles. The molecule has 116 valence electrons. The third-order valence-corrected chi connectivity index (χ3v) is 4.42. The molecule has 0 spiro atoms. The molecule has 5 heteroatoms. The van der Waals surface area contributed by atoms with Gasteiger partial charge in [0.2, 0.25) is 0 Å². The molecule has 0 atom stereocenters. The van der Waals surface area contributed by atoms with Crippen molar-refractivity contribution >= 4 is 5.91 Å². The quantitative estimate of drug-likeness (QED) is 0.685. The standard InChI is InChI=1S/C16H23NO4/c1-2-11-5-7-16(21,8-6-11)10-17-15(20)13-4-3-12(18)9-14(13)19/h3-4,9,11,18-19,21H,2,5-8,10H2,1H3,(H,17,20). The van der Waals surface area contributed by atoms with Crippen molar-refractivity contribution in [2.24, 2.45) is 5.92 Å². The van der Waals surface area contributed by atoms with Crippen molar-refractivity contribution in [2.75, 3.05) is 6.54 Å². The van der Waals surface area contributed by atoms with Crippen LogP contribution in [-0.4, -0.2) is 33.4 Å². The number of rotatable bonds is 4. The van der Waals surface area contributed by atoms with Crippen LogP contribution >= 0.6 is 0 Å². The number of phenols is 2. The number of aliphatic hydroxyl groups is 1. The summed E-state index contributed by atoms with van der Waals surface area (Å²) in [5, 5.41) is 32.0. The molecule has 2 rings (SSSR count). The molecule has 0 unspecified atom stereocenters. The number of carbonyl (C=O) groups excluding carboxylic acids is 1. The Labute approximate surface area is 124 Å². The molecule has 0 aliphatic heterocycles. The van der Waals surface area contributed by atoms with E-state index in [1.165, 1.54) is 12.1 Å². The highest BCUT2D eigenvalue weighted by molar-refractivity contribution is 5.97. The van der Waals surface area contributed by atoms with Gasteiger partial charge in [0, 0.05) is 12.6 Å². The van der Waals surface area contributed by atoms with Crippen LogP contribution in [0.15, 0.2) is 18.2 Å². The lowest BCUT2D eigenvalue weighted by Gasteiger charge is -2.35. The molecule has 1 aliphatic carbocycles. The number of hydrogen-bond acceptors (Lipinski definition) is 4. The summed E-state index contributed by atoms with van der Waals surface area (Å²) in [5.74, 6) is -0.143. The van der Waals surface area contributed by atoms with Gasteiger partial charge in [0.15, 0.2) is 0 Å². The van der Waals surface area contributed by atoms with Gasteiger partial charge in [-0.05, 0) is 43.7 Å². The highest BCUT2D eigenvalue weighted by atomic mass is 16.3. The number of nitrogens with one attached hydrogen (secondary N) is 1. The first-order chi connectivity index (χ1) is 9.93. The van der Waals surface area contributed by atoms with E-state index in [0.29, 0.717) is 18.8 Å². The van der Waals surface area contributed by atoms with Gasteiger partial charge < -0.3 is 20.6 Å². The smallest absolute Gasteiger partial charge is 0.255 e. The van der Waals surface area contributed by atoms with Crippen molar-refractivity contribution in [2.45, 2.75) is 44.6 Å². The predicted octanol–water partition coefficient (Wildman–Crippen LogP) is 2.16. The Bertz CT molecular complexity index is 507. The Morgan fingerprint density at radius 3 is 2.57 bits per heavy atom. The lowest BCUT2D eigenvalue weighted by molar-refractivity contribution is -0.00789. The first-order valence-electron chi connectivity index (χ1n) is 7.46. The minimum Gasteiger partial charge on any atom is -0.508 e. The van der Waals surface area contributed by atoms with Crippen LogP contribution in [-0.2, 0) is 0 Å². The van der Waals surface area contributed by atoms with Crippen LogP contribution in [0.5, 0.6) is 11.5 Å². The van der Waals surface area contributed by atoms with Crippen LogP contribution in [0.1, 0.15) is 49.4 Å². The van der Waals surface area contributed by atoms with Gasteiger partial charge >= 0.3 is 0 Å². The maximum atomic E-state index is 12.0. The third-order valence-electron chi connectivity index (χ3n) is 4.42. The maximum absolute atomic E-state index is 12.0. The van der Waals surface area contributed by atoms with Gasteiger partial charge in [0.1, 0.15) is 11.5 Å². The number of benzene rings is 1. The van der Waals surface area contributed by atoms with Crippen LogP contribution in [0.2, 0.25) is 0 Å². The minimum atomic E-state index is -0.853. The minimum absolute atomic E-state index is 0.0960. The van der Waals surface area contributed by atoms with Crippen LogP contribution in [0.3, 0.4) is 0 Å². The normalized spacial score (nSPS) is 25.5. The molecule has 1 amide bonds. The van der Waals surface area contributed by atoms with E-state index >= 15 is 0 Å². The molecule has 0 radical (unpaired) electrons. The fourth-order valence-electron chi connectivity index (χ4n) is 2.85. The second kappa shape index (κ2) is 6.35. The summed E-state index contributed by atoms with van der Waals surface area (Å²) in [6.07, 6.45) is 4.46. The summed E-state index contributed by atoms with van der Waals surface area (Å²) in [4.78, 5) is 12.0. The van der Waals surface area contributed by atoms with Gasteiger partial charge in [0.05, 0.1) is 11.2 Å². The van der Waals surface area contributed by atoms with Crippen LogP contribution in [0.25, 0.3) is 0 Å². The highest BCUT2D eigenvalue weighted by Gasteiger charge is 2.33. The molecule has 1 aromatic rings. The zero-order valence-corrected chi connectivity index (χ0v) is 12.3. The number of amides is 1. The number of carbonyl (C=O) groups is 1. The number of aromatic hydroxyl groups is 2. The van der Waals surface area contributed by atoms with Gasteiger partial charge in [-0.1, -0.05) is 13.3 Å². The molecule has 21 heavy (non-hydrogen) atoms. The van der Waals surface area contributed by atoms with Crippen LogP contribution < -0.4 is 5.32 Å². The molecule has 5 nitrogen and oxygen atoms in total. The Morgan fingerprint density at radius 1 is 1.33 bits per heavy atom. The first-order valence-corrected chi connectivity index (χ1v) is 7.46.